The van der Waals surface area contributed by atoms with Crippen molar-refractivity contribution in [2.45, 2.75) is 0 Å². The van der Waals surface area contributed by atoms with Crippen LogP contribution in [0.3, 0.4) is 0 Å². The van der Waals surface area contributed by atoms with Crippen LogP contribution in [0.15, 0.2) is 192 Å². The summed E-state index contributed by atoms with van der Waals surface area (Å²) in [5.41, 5.74) is 4.80. The van der Waals surface area contributed by atoms with Gasteiger partial charge in [0.05, 0.1) is 19.2 Å². The molecule has 0 fully saturated rings. The second kappa shape index (κ2) is 12.6. The highest BCUT2D eigenvalue weighted by Crippen LogP contribution is 2.38. The summed E-state index contributed by atoms with van der Waals surface area (Å²) in [7, 11) is 0. The molecule has 0 spiro atoms. The van der Waals surface area contributed by atoms with Gasteiger partial charge in [0.2, 0.25) is 0 Å². The van der Waals surface area contributed by atoms with Gasteiger partial charge < -0.3 is 4.42 Å². The van der Waals surface area contributed by atoms with Crippen molar-refractivity contribution in [2.75, 3.05) is 0 Å². The molecule has 4 nitrogen and oxygen atoms in total. The second-order valence-electron chi connectivity index (χ2n) is 12.9. The third-order valence-corrected chi connectivity index (χ3v) is 9.65. The number of benzene rings is 9. The number of aromatic nitrogens is 3. The van der Waals surface area contributed by atoms with E-state index in [1.54, 1.807) is 18.2 Å². The average molecular weight is 716 g/mol. The Labute approximate surface area is 336 Å². The molecule has 0 aliphatic carbocycles. The first kappa shape index (κ1) is 20.1. The summed E-state index contributed by atoms with van der Waals surface area (Å²) in [6.07, 6.45) is 0. The van der Waals surface area contributed by atoms with Gasteiger partial charge in [0, 0.05) is 27.5 Å². The Balaban J connectivity index is 1.11. The minimum absolute atomic E-state index is 0.0986. The maximum atomic E-state index is 9.31. The van der Waals surface area contributed by atoms with Gasteiger partial charge >= 0.3 is 0 Å². The monoisotopic (exact) mass is 715 g/mol. The lowest BCUT2D eigenvalue weighted by Gasteiger charge is -2.12. The quantitative estimate of drug-likeness (QED) is 0.178. The van der Waals surface area contributed by atoms with Gasteiger partial charge in [0.15, 0.2) is 17.5 Å². The molecule has 0 aliphatic heterocycles. The summed E-state index contributed by atoms with van der Waals surface area (Å²) < 4.78 is 128. The zero-order valence-electron chi connectivity index (χ0n) is 42.6. The number of fused-ring (bicyclic) bond motifs is 6. The predicted octanol–water partition coefficient (Wildman–Crippen LogP) is 13.6. The summed E-state index contributed by atoms with van der Waals surface area (Å²) in [4.78, 5) is 14.0. The molecule has 2 heterocycles. The van der Waals surface area contributed by atoms with Gasteiger partial charge in [-0.2, -0.15) is 0 Å². The molecule has 0 unspecified atom stereocenters. The van der Waals surface area contributed by atoms with Gasteiger partial charge in [-0.1, -0.05) is 151 Å². The first-order chi connectivity index (χ1) is 33.0. The molecule has 256 valence electrons. The van der Waals surface area contributed by atoms with Crippen molar-refractivity contribution in [1.82, 2.24) is 15.0 Å². The van der Waals surface area contributed by atoms with Crippen LogP contribution in [0.2, 0.25) is 0 Å². The first-order valence-corrected chi connectivity index (χ1v) is 17.4. The van der Waals surface area contributed by atoms with E-state index < -0.39 is 102 Å². The van der Waals surface area contributed by atoms with Gasteiger partial charge in [-0.25, -0.2) is 15.0 Å². The number of furan rings is 1. The van der Waals surface area contributed by atoms with Crippen molar-refractivity contribution < 1.29 is 23.6 Å². The number of nitrogens with zero attached hydrogens (tertiary/aromatic N) is 3. The van der Waals surface area contributed by atoms with Crippen molar-refractivity contribution >= 4 is 54.3 Å². The Hall–Kier alpha value is -7.43. The summed E-state index contributed by atoms with van der Waals surface area (Å²) in [5.74, 6) is -0.929. The fourth-order valence-corrected chi connectivity index (χ4v) is 7.05. The van der Waals surface area contributed by atoms with Crippen LogP contribution in [0.5, 0.6) is 0 Å². The maximum absolute atomic E-state index is 9.31. The van der Waals surface area contributed by atoms with E-state index in [1.165, 1.54) is 0 Å². The summed E-state index contributed by atoms with van der Waals surface area (Å²) in [6.45, 7) is 0. The van der Waals surface area contributed by atoms with Crippen LogP contribution in [0.1, 0.15) is 19.2 Å². The topological polar surface area (TPSA) is 51.8 Å². The normalized spacial score (nSPS) is 15.2. The first-order valence-electron chi connectivity index (χ1n) is 24.4. The molecular formula is C51H31N3O. The summed E-state index contributed by atoms with van der Waals surface area (Å²) in [5, 5.41) is 2.62. The van der Waals surface area contributed by atoms with Crippen molar-refractivity contribution in [3.8, 4) is 56.4 Å². The zero-order chi connectivity index (χ0) is 48.5. The van der Waals surface area contributed by atoms with Gasteiger partial charge in [-0.15, -0.1) is 0 Å². The maximum Gasteiger partial charge on any atom is 0.164 e. The zero-order valence-corrected chi connectivity index (χ0v) is 28.6. The average Bonchev–Trinajstić information content (AvgIpc) is 3.75. The van der Waals surface area contributed by atoms with Crippen LogP contribution in [0.25, 0.3) is 111 Å². The molecule has 0 saturated carbocycles. The molecule has 0 amide bonds. The molecule has 0 atom stereocenters. The number of para-hydroxylation sites is 1. The van der Waals surface area contributed by atoms with E-state index in [0.717, 1.165) is 55.0 Å². The molecule has 0 radical (unpaired) electrons. The van der Waals surface area contributed by atoms with E-state index in [-0.39, 0.29) is 32.9 Å². The van der Waals surface area contributed by atoms with Crippen molar-refractivity contribution in [1.29, 1.82) is 0 Å². The lowest BCUT2D eigenvalue weighted by molar-refractivity contribution is 0.669. The van der Waals surface area contributed by atoms with Crippen LogP contribution in [-0.2, 0) is 0 Å². The van der Waals surface area contributed by atoms with E-state index >= 15 is 0 Å². The van der Waals surface area contributed by atoms with Gasteiger partial charge in [0.1, 0.15) is 11.2 Å². The molecule has 0 N–H and O–H groups in total. The minimum atomic E-state index is -0.680. The van der Waals surface area contributed by atoms with E-state index in [0.29, 0.717) is 5.56 Å². The Morgan fingerprint density at radius 3 is 1.96 bits per heavy atom. The Bertz CT molecular complexity index is 4090. The third-order valence-electron chi connectivity index (χ3n) is 9.65. The predicted molar refractivity (Wildman–Crippen MR) is 227 cm³/mol. The third kappa shape index (κ3) is 5.43. The van der Waals surface area contributed by atoms with E-state index in [1.807, 2.05) is 66.7 Å². The van der Waals surface area contributed by atoms with Crippen LogP contribution in [0, 0.1) is 0 Å². The molecule has 0 bridgehead atoms. The minimum Gasteiger partial charge on any atom is -0.456 e. The fraction of sp³-hybridized carbons (Fsp3) is 0. The van der Waals surface area contributed by atoms with Gasteiger partial charge in [-0.05, 0) is 90.9 Å². The fourth-order valence-electron chi connectivity index (χ4n) is 7.05. The largest absolute Gasteiger partial charge is 0.456 e. The lowest BCUT2D eigenvalue weighted by atomic mass is 9.95. The Morgan fingerprint density at radius 2 is 1.05 bits per heavy atom. The Morgan fingerprint density at radius 1 is 0.382 bits per heavy atom. The van der Waals surface area contributed by atoms with E-state index in [2.05, 4.69) is 23.2 Å². The Kier molecular flexibility index (Phi) is 4.62. The van der Waals surface area contributed by atoms with Crippen molar-refractivity contribution in [3.63, 3.8) is 0 Å². The number of hydrogen-bond acceptors (Lipinski definition) is 4. The van der Waals surface area contributed by atoms with E-state index in [9.17, 15) is 1.37 Å². The highest BCUT2D eigenvalue weighted by Gasteiger charge is 2.16. The SMILES string of the molecule is [2H]c1c([2H])c([2H])c2c([2H])c(-c3nc(-c4cccc(-c5ccc6cc(-c7cccc8oc9ccccc9c78)ccc6c5)c4)nc(-c4c([2H])c([2H])c([2H])c5c([2H])c([2H])c([2H])c([2H])c45)n3)c([2H])c([2H])c2c1[2H]. The molecule has 11 rings (SSSR count). The lowest BCUT2D eigenvalue weighted by Crippen LogP contribution is -2.00. The molecule has 9 aromatic carbocycles. The van der Waals surface area contributed by atoms with Crippen LogP contribution in [0.4, 0.5) is 0 Å². The number of hydrogen-bond donors (Lipinski definition) is 0. The van der Waals surface area contributed by atoms with Gasteiger partial charge in [0.25, 0.3) is 0 Å². The summed E-state index contributed by atoms with van der Waals surface area (Å²) in [6, 6.07) is 24.4. The van der Waals surface area contributed by atoms with Crippen molar-refractivity contribution in [3.05, 3.63) is 188 Å². The van der Waals surface area contributed by atoms with Gasteiger partial charge in [-0.3, -0.25) is 0 Å². The molecule has 11 aromatic rings. The molecule has 4 heteroatoms. The van der Waals surface area contributed by atoms with Crippen molar-refractivity contribution in [2.24, 2.45) is 0 Å². The molecule has 0 aliphatic rings. The number of rotatable bonds is 5. The molecule has 0 saturated heterocycles. The highest BCUT2D eigenvalue weighted by atomic mass is 16.3. The van der Waals surface area contributed by atoms with Crippen LogP contribution >= 0.6 is 0 Å². The molecular weight excluding hydrogens is 671 g/mol. The highest BCUT2D eigenvalue weighted by molar-refractivity contribution is 6.13. The standard InChI is InChI=1S/C51H31N3O/c1-2-12-34-30-41(27-22-32(34)10-1)50-52-49(53-51(54-50)44-19-8-13-33-11-3-4-16-42(33)44)40-15-7-14-35(31-40)36-23-24-38-29-39(26-25-37(38)28-36)43-18-9-21-47-48(43)45-17-5-6-20-46(45)55-47/h1-31H/i1D,2D,3D,4D,8D,10D,11D,12D,13D,16D,19D,22D,27D,30D. The summed E-state index contributed by atoms with van der Waals surface area (Å²) >= 11 is 0. The van der Waals surface area contributed by atoms with Crippen LogP contribution in [-0.4, -0.2) is 15.0 Å². The van der Waals surface area contributed by atoms with Crippen LogP contribution < -0.4 is 0 Å². The van der Waals surface area contributed by atoms with E-state index in [4.69, 9.17) is 32.2 Å². The smallest absolute Gasteiger partial charge is 0.164 e. The second-order valence-corrected chi connectivity index (χ2v) is 12.9. The molecule has 55 heavy (non-hydrogen) atoms. The molecule has 2 aromatic heterocycles.